The zero-order chi connectivity index (χ0) is 24.9. The third kappa shape index (κ3) is 5.27. The van der Waals surface area contributed by atoms with Crippen LogP contribution in [0.15, 0.2) is 84.2 Å². The van der Waals surface area contributed by atoms with Crippen LogP contribution in [0.25, 0.3) is 22.3 Å². The van der Waals surface area contributed by atoms with E-state index >= 15 is 0 Å². The van der Waals surface area contributed by atoms with Crippen molar-refractivity contribution in [3.63, 3.8) is 0 Å². The molecule has 2 N–H and O–H groups in total. The van der Waals surface area contributed by atoms with Gasteiger partial charge in [0.25, 0.3) is 5.56 Å². The number of hydrogen-bond acceptors (Lipinski definition) is 6. The fourth-order valence-electron chi connectivity index (χ4n) is 3.53. The molecule has 0 aliphatic rings. The van der Waals surface area contributed by atoms with Crippen molar-refractivity contribution in [1.82, 2.24) is 24.1 Å². The van der Waals surface area contributed by atoms with Gasteiger partial charge in [0, 0.05) is 43.1 Å². The molecule has 174 valence electrons. The number of halogens is 1. The summed E-state index contributed by atoms with van der Waals surface area (Å²) in [4.78, 5) is 25.3. The molecule has 9 heteroatoms. The van der Waals surface area contributed by atoms with E-state index in [1.54, 1.807) is 49.9 Å². The molecule has 4 heterocycles. The van der Waals surface area contributed by atoms with E-state index in [4.69, 9.17) is 27.6 Å². The number of imidazole rings is 1. The molecule has 8 nitrogen and oxygen atoms in total. The lowest BCUT2D eigenvalue weighted by Gasteiger charge is -2.15. The van der Waals surface area contributed by atoms with E-state index < -0.39 is 6.04 Å². The van der Waals surface area contributed by atoms with E-state index in [9.17, 15) is 4.79 Å². The fraction of sp³-hybridized carbons (Fsp3) is 0.115. The highest BCUT2D eigenvalue weighted by Gasteiger charge is 2.16. The molecular weight excluding hydrogens is 462 g/mol. The number of nitriles is 1. The first-order valence-corrected chi connectivity index (χ1v) is 11.1. The van der Waals surface area contributed by atoms with Crippen molar-refractivity contribution in [3.8, 4) is 17.3 Å². The lowest BCUT2D eigenvalue weighted by molar-refractivity contribution is 0.831. The number of aromatic nitrogens is 5. The highest BCUT2D eigenvalue weighted by molar-refractivity contribution is 6.30. The van der Waals surface area contributed by atoms with Crippen LogP contribution in [0, 0.1) is 11.3 Å². The van der Waals surface area contributed by atoms with E-state index in [1.165, 1.54) is 10.6 Å². The summed E-state index contributed by atoms with van der Waals surface area (Å²) in [5, 5.41) is 9.80. The van der Waals surface area contributed by atoms with Crippen LogP contribution in [0.1, 0.15) is 23.0 Å². The molecule has 0 fully saturated rings. The quantitative estimate of drug-likeness (QED) is 0.415. The highest BCUT2D eigenvalue weighted by atomic mass is 35.5. The molecule has 0 saturated heterocycles. The van der Waals surface area contributed by atoms with Crippen LogP contribution in [-0.2, 0) is 14.1 Å². The number of nitrogens with zero attached hydrogens (tertiary/aromatic N) is 6. The van der Waals surface area contributed by atoms with Crippen LogP contribution >= 0.6 is 11.6 Å². The number of rotatable bonds is 3. The zero-order valence-corrected chi connectivity index (χ0v) is 19.9. The Morgan fingerprint density at radius 2 is 1.83 bits per heavy atom. The average Bonchev–Trinajstić information content (AvgIpc) is 3.37. The normalized spacial score (nSPS) is 11.4. The second kappa shape index (κ2) is 10.3. The topological polar surface area (TPSA) is 115 Å². The fourth-order valence-corrected chi connectivity index (χ4v) is 3.65. The molecule has 0 amide bonds. The van der Waals surface area contributed by atoms with E-state index in [0.717, 1.165) is 5.56 Å². The highest BCUT2D eigenvalue weighted by Crippen LogP contribution is 2.27. The van der Waals surface area contributed by atoms with Gasteiger partial charge in [-0.3, -0.25) is 4.79 Å². The molecule has 0 aliphatic carbocycles. The maximum absolute atomic E-state index is 12.5. The Kier molecular flexibility index (Phi) is 7.01. The van der Waals surface area contributed by atoms with Gasteiger partial charge in [-0.1, -0.05) is 29.8 Å². The summed E-state index contributed by atoms with van der Waals surface area (Å²) in [5.74, 6) is 0. The predicted molar refractivity (Wildman–Crippen MR) is 136 cm³/mol. The maximum Gasteiger partial charge on any atom is 0.251 e. The zero-order valence-electron chi connectivity index (χ0n) is 19.1. The molecular formula is C26H22ClN7O. The van der Waals surface area contributed by atoms with Gasteiger partial charge in [-0.2, -0.15) is 5.26 Å². The standard InChI is InChI=1S/C22H16ClN5O.C4H6N2/c1-28-19-10-9-18(21(25)13-5-7-14(23)8-6-13)27-22(19)16(11-20(28)29)17-4-2-3-15(12-24)26-17;1-6-3-2-5-4-6/h2-11,21H,25H2,1H3;2-4H,1H3. The van der Waals surface area contributed by atoms with Gasteiger partial charge < -0.3 is 14.9 Å². The van der Waals surface area contributed by atoms with Crippen molar-refractivity contribution in [1.29, 1.82) is 5.26 Å². The van der Waals surface area contributed by atoms with E-state index in [2.05, 4.69) is 9.97 Å². The van der Waals surface area contributed by atoms with Gasteiger partial charge in [0.2, 0.25) is 0 Å². The number of aryl methyl sites for hydroxylation is 2. The SMILES string of the molecule is Cn1c(=O)cc(-c2cccc(C#N)n2)c2nc(C(N)c3ccc(Cl)cc3)ccc21.Cn1ccnc1. The largest absolute Gasteiger partial charge is 0.341 e. The minimum absolute atomic E-state index is 0.187. The van der Waals surface area contributed by atoms with E-state index in [-0.39, 0.29) is 11.3 Å². The second-order valence-electron chi connectivity index (χ2n) is 7.84. The summed E-state index contributed by atoms with van der Waals surface area (Å²) < 4.78 is 3.41. The molecule has 1 atom stereocenters. The minimum Gasteiger partial charge on any atom is -0.341 e. The molecule has 1 aromatic carbocycles. The van der Waals surface area contributed by atoms with Gasteiger partial charge in [-0.15, -0.1) is 0 Å². The van der Waals surface area contributed by atoms with Gasteiger partial charge in [-0.05, 0) is 42.0 Å². The summed E-state index contributed by atoms with van der Waals surface area (Å²) in [5.41, 5.74) is 10.4. The lowest BCUT2D eigenvalue weighted by atomic mass is 10.0. The molecule has 0 saturated carbocycles. The van der Waals surface area contributed by atoms with Gasteiger partial charge in [0.15, 0.2) is 0 Å². The number of pyridine rings is 3. The molecule has 4 aromatic heterocycles. The van der Waals surface area contributed by atoms with Crippen molar-refractivity contribution < 1.29 is 0 Å². The molecule has 35 heavy (non-hydrogen) atoms. The first-order chi connectivity index (χ1) is 16.9. The van der Waals surface area contributed by atoms with Gasteiger partial charge >= 0.3 is 0 Å². The number of nitrogens with two attached hydrogens (primary N) is 1. The minimum atomic E-state index is -0.458. The summed E-state index contributed by atoms with van der Waals surface area (Å²) >= 11 is 5.97. The molecule has 0 aliphatic heterocycles. The Bertz CT molecular complexity index is 1570. The third-order valence-electron chi connectivity index (χ3n) is 5.43. The molecule has 0 bridgehead atoms. The Hall–Kier alpha value is -4.32. The van der Waals surface area contributed by atoms with Crippen molar-refractivity contribution in [2.24, 2.45) is 19.8 Å². The van der Waals surface area contributed by atoms with Crippen LogP contribution in [0.5, 0.6) is 0 Å². The number of hydrogen-bond donors (Lipinski definition) is 1. The molecule has 5 rings (SSSR count). The molecule has 0 spiro atoms. The van der Waals surface area contributed by atoms with Crippen molar-refractivity contribution in [2.75, 3.05) is 0 Å². The van der Waals surface area contributed by atoms with E-state index in [1.807, 2.05) is 48.1 Å². The Morgan fingerprint density at radius 3 is 2.46 bits per heavy atom. The van der Waals surface area contributed by atoms with Crippen LogP contribution in [0.3, 0.4) is 0 Å². The first kappa shape index (κ1) is 23.8. The Morgan fingerprint density at radius 1 is 1.06 bits per heavy atom. The van der Waals surface area contributed by atoms with E-state index in [0.29, 0.717) is 33.0 Å². The lowest BCUT2D eigenvalue weighted by Crippen LogP contribution is -2.18. The number of fused-ring (bicyclic) bond motifs is 1. The first-order valence-electron chi connectivity index (χ1n) is 10.7. The Balaban J connectivity index is 0.000000421. The van der Waals surface area contributed by atoms with Crippen LogP contribution in [-0.4, -0.2) is 24.1 Å². The second-order valence-corrected chi connectivity index (χ2v) is 8.27. The molecule has 0 radical (unpaired) electrons. The summed E-state index contributed by atoms with van der Waals surface area (Å²) in [7, 11) is 3.63. The smallest absolute Gasteiger partial charge is 0.251 e. The van der Waals surface area contributed by atoms with Crippen LogP contribution in [0.2, 0.25) is 5.02 Å². The predicted octanol–water partition coefficient (Wildman–Crippen LogP) is 3.99. The van der Waals surface area contributed by atoms with Crippen molar-refractivity contribution in [3.05, 3.63) is 112 Å². The maximum atomic E-state index is 12.5. The van der Waals surface area contributed by atoms with Gasteiger partial charge in [-0.25, -0.2) is 15.0 Å². The summed E-state index contributed by atoms with van der Waals surface area (Å²) in [6, 6.07) is 19.1. The van der Waals surface area contributed by atoms with Gasteiger partial charge in [0.05, 0.1) is 34.8 Å². The van der Waals surface area contributed by atoms with Crippen LogP contribution < -0.4 is 11.3 Å². The Labute approximate surface area is 206 Å². The van der Waals surface area contributed by atoms with Crippen molar-refractivity contribution >= 4 is 22.6 Å². The average molecular weight is 484 g/mol. The van der Waals surface area contributed by atoms with Gasteiger partial charge in [0.1, 0.15) is 11.8 Å². The summed E-state index contributed by atoms with van der Waals surface area (Å²) in [6.07, 6.45) is 5.39. The molecule has 5 aromatic rings. The van der Waals surface area contributed by atoms with Crippen molar-refractivity contribution in [2.45, 2.75) is 6.04 Å². The number of benzene rings is 1. The molecule has 1 unspecified atom stereocenters. The summed E-state index contributed by atoms with van der Waals surface area (Å²) in [6.45, 7) is 0. The van der Waals surface area contributed by atoms with Crippen LogP contribution in [0.4, 0.5) is 0 Å². The monoisotopic (exact) mass is 483 g/mol. The third-order valence-corrected chi connectivity index (χ3v) is 5.69.